The van der Waals surface area contributed by atoms with Crippen molar-refractivity contribution in [2.75, 3.05) is 44.2 Å². The molecule has 2 fully saturated rings. The topological polar surface area (TPSA) is 85.0 Å². The molecule has 3 heterocycles. The van der Waals surface area contributed by atoms with E-state index in [0.29, 0.717) is 32.5 Å². The summed E-state index contributed by atoms with van der Waals surface area (Å²) in [5.41, 5.74) is 2.66. The maximum absolute atomic E-state index is 13.7. The average Bonchev–Trinajstić information content (AvgIpc) is 3.56. The number of fused-ring (bicyclic) bond motifs is 1. The average molecular weight is 546 g/mol. The molecule has 4 amide bonds. The van der Waals surface area contributed by atoms with Crippen LogP contribution in [0.3, 0.4) is 0 Å². The minimum atomic E-state index is -0.600. The molecule has 0 radical (unpaired) electrons. The van der Waals surface area contributed by atoms with E-state index in [4.69, 9.17) is 0 Å². The van der Waals surface area contributed by atoms with Gasteiger partial charge >= 0.3 is 6.03 Å². The molecule has 8 heteroatoms. The third-order valence-corrected chi connectivity index (χ3v) is 8.81. The van der Waals surface area contributed by atoms with E-state index in [2.05, 4.69) is 27.7 Å². The van der Waals surface area contributed by atoms with Gasteiger partial charge in [0.1, 0.15) is 6.04 Å². The monoisotopic (exact) mass is 545 g/mol. The van der Waals surface area contributed by atoms with Gasteiger partial charge in [0, 0.05) is 37.9 Å². The van der Waals surface area contributed by atoms with Gasteiger partial charge in [0.15, 0.2) is 0 Å². The number of para-hydroxylation sites is 1. The summed E-state index contributed by atoms with van der Waals surface area (Å²) in [5.74, 6) is 0.0871. The molecule has 5 rings (SSSR count). The summed E-state index contributed by atoms with van der Waals surface area (Å²) in [7, 11) is 0. The molecule has 2 saturated heterocycles. The van der Waals surface area contributed by atoms with E-state index in [0.717, 1.165) is 49.3 Å². The molecule has 0 spiro atoms. The van der Waals surface area contributed by atoms with E-state index in [9.17, 15) is 14.4 Å². The first-order chi connectivity index (χ1) is 19.3. The Balaban J connectivity index is 1.20. The Morgan fingerprint density at radius 3 is 2.35 bits per heavy atom. The Morgan fingerprint density at radius 2 is 1.62 bits per heavy atom. The third-order valence-electron chi connectivity index (χ3n) is 8.81. The van der Waals surface area contributed by atoms with Crippen LogP contribution in [0.4, 0.5) is 10.5 Å². The minimum absolute atomic E-state index is 0.0439. The van der Waals surface area contributed by atoms with Crippen LogP contribution in [0.1, 0.15) is 57.1 Å². The smallest absolute Gasteiger partial charge is 0.315 e. The summed E-state index contributed by atoms with van der Waals surface area (Å²) >= 11 is 0. The largest absolute Gasteiger partial charge is 0.341 e. The number of carbonyl (C=O) groups is 3. The molecule has 1 unspecified atom stereocenters. The number of nitrogens with zero attached hydrogens (tertiary/aromatic N) is 3. The lowest BCUT2D eigenvalue weighted by Crippen LogP contribution is -2.55. The number of amides is 4. The predicted molar refractivity (Wildman–Crippen MR) is 157 cm³/mol. The van der Waals surface area contributed by atoms with Crippen LogP contribution in [0.15, 0.2) is 54.6 Å². The first-order valence-corrected chi connectivity index (χ1v) is 14.9. The number of hydrogen-bond acceptors (Lipinski definition) is 4. The first-order valence-electron chi connectivity index (χ1n) is 14.9. The Morgan fingerprint density at radius 1 is 0.950 bits per heavy atom. The fraction of sp³-hybridized carbons (Fsp3) is 0.531. The van der Waals surface area contributed by atoms with Crippen LogP contribution >= 0.6 is 0 Å². The van der Waals surface area contributed by atoms with Crippen molar-refractivity contribution >= 4 is 23.5 Å². The van der Waals surface area contributed by atoms with Gasteiger partial charge in [0.05, 0.1) is 5.41 Å². The number of piperidine rings is 1. The standard InChI is InChI=1S/C32H43N5O3/c1-32(2)26-12-6-7-13-28(26)37(30(32)39)25-16-21-36(22-17-25)29(38)27(15-14-24-10-4-3-5-11-24)34-31(40)33-18-23-35-19-8-9-20-35/h3-7,10-13,25,27H,8-9,14-23H2,1-2H3,(H2,33,34,40). The lowest BCUT2D eigenvalue weighted by Gasteiger charge is -2.38. The lowest BCUT2D eigenvalue weighted by molar-refractivity contribution is -0.134. The molecule has 0 bridgehead atoms. The van der Waals surface area contributed by atoms with Crippen LogP contribution < -0.4 is 15.5 Å². The number of urea groups is 1. The maximum atomic E-state index is 13.7. The van der Waals surface area contributed by atoms with Gasteiger partial charge in [0.2, 0.25) is 11.8 Å². The van der Waals surface area contributed by atoms with Crippen molar-refractivity contribution in [3.8, 4) is 0 Å². The second-order valence-corrected chi connectivity index (χ2v) is 11.9. The molecule has 0 aliphatic carbocycles. The van der Waals surface area contributed by atoms with E-state index in [1.54, 1.807) is 0 Å². The quantitative estimate of drug-likeness (QED) is 0.503. The van der Waals surface area contributed by atoms with Crippen molar-refractivity contribution in [3.05, 3.63) is 65.7 Å². The highest BCUT2D eigenvalue weighted by Crippen LogP contribution is 2.43. The van der Waals surface area contributed by atoms with Gasteiger partial charge in [-0.25, -0.2) is 4.79 Å². The van der Waals surface area contributed by atoms with Gasteiger partial charge in [-0.15, -0.1) is 0 Å². The van der Waals surface area contributed by atoms with Crippen LogP contribution in [0.5, 0.6) is 0 Å². The highest BCUT2D eigenvalue weighted by Gasteiger charge is 2.46. The molecule has 214 valence electrons. The van der Waals surface area contributed by atoms with Crippen molar-refractivity contribution in [1.29, 1.82) is 0 Å². The van der Waals surface area contributed by atoms with Gasteiger partial charge in [-0.05, 0) is 82.7 Å². The molecule has 0 aromatic heterocycles. The zero-order chi connectivity index (χ0) is 28.1. The number of anilines is 1. The van der Waals surface area contributed by atoms with E-state index in [1.165, 1.54) is 12.8 Å². The second-order valence-electron chi connectivity index (χ2n) is 11.9. The van der Waals surface area contributed by atoms with Gasteiger partial charge in [-0.3, -0.25) is 9.59 Å². The number of carbonyl (C=O) groups excluding carboxylic acids is 3. The van der Waals surface area contributed by atoms with E-state index < -0.39 is 11.5 Å². The Bertz CT molecular complexity index is 1190. The molecule has 3 aliphatic rings. The Kier molecular flexibility index (Phi) is 8.74. The zero-order valence-electron chi connectivity index (χ0n) is 23.9. The highest BCUT2D eigenvalue weighted by atomic mass is 16.2. The summed E-state index contributed by atoms with van der Waals surface area (Å²) in [6.07, 6.45) is 5.11. The molecule has 1 atom stereocenters. The summed E-state index contributed by atoms with van der Waals surface area (Å²) in [6.45, 7) is 8.69. The second kappa shape index (κ2) is 12.4. The van der Waals surface area contributed by atoms with Gasteiger partial charge < -0.3 is 25.3 Å². The summed E-state index contributed by atoms with van der Waals surface area (Å²) in [4.78, 5) is 46.1. The van der Waals surface area contributed by atoms with Crippen molar-refractivity contribution in [3.63, 3.8) is 0 Å². The molecular formula is C32H43N5O3. The SMILES string of the molecule is CC1(C)C(=O)N(C2CCN(C(=O)C(CCc3ccccc3)NC(=O)NCCN3CCCC3)CC2)c2ccccc21. The van der Waals surface area contributed by atoms with E-state index >= 15 is 0 Å². The van der Waals surface area contributed by atoms with Crippen molar-refractivity contribution in [2.45, 2.75) is 69.9 Å². The van der Waals surface area contributed by atoms with Gasteiger partial charge in [0.25, 0.3) is 0 Å². The number of rotatable bonds is 9. The lowest BCUT2D eigenvalue weighted by atomic mass is 9.86. The van der Waals surface area contributed by atoms with Crippen molar-refractivity contribution < 1.29 is 14.4 Å². The number of likely N-dealkylation sites (tertiary alicyclic amines) is 2. The molecule has 2 N–H and O–H groups in total. The number of nitrogens with one attached hydrogen (secondary N) is 2. The molecule has 2 aromatic rings. The van der Waals surface area contributed by atoms with Crippen LogP contribution in [0.25, 0.3) is 0 Å². The van der Waals surface area contributed by atoms with Gasteiger partial charge in [-0.1, -0.05) is 48.5 Å². The highest BCUT2D eigenvalue weighted by molar-refractivity contribution is 6.08. The third kappa shape index (κ3) is 6.17. The van der Waals surface area contributed by atoms with E-state index in [1.807, 2.05) is 66.1 Å². The molecule has 3 aliphatic heterocycles. The molecular weight excluding hydrogens is 502 g/mol. The fourth-order valence-corrected chi connectivity index (χ4v) is 6.42. The molecule has 8 nitrogen and oxygen atoms in total. The van der Waals surface area contributed by atoms with Crippen LogP contribution in [-0.2, 0) is 21.4 Å². The molecule has 2 aromatic carbocycles. The van der Waals surface area contributed by atoms with Crippen LogP contribution in [-0.4, -0.2) is 79.0 Å². The van der Waals surface area contributed by atoms with Crippen molar-refractivity contribution in [1.82, 2.24) is 20.4 Å². The fourth-order valence-electron chi connectivity index (χ4n) is 6.42. The first kappa shape index (κ1) is 28.1. The van der Waals surface area contributed by atoms with Gasteiger partial charge in [-0.2, -0.15) is 0 Å². The van der Waals surface area contributed by atoms with Crippen LogP contribution in [0, 0.1) is 0 Å². The van der Waals surface area contributed by atoms with Crippen LogP contribution in [0.2, 0.25) is 0 Å². The summed E-state index contributed by atoms with van der Waals surface area (Å²) in [5, 5.41) is 5.94. The molecule has 40 heavy (non-hydrogen) atoms. The summed E-state index contributed by atoms with van der Waals surface area (Å²) in [6, 6.07) is 17.3. The summed E-state index contributed by atoms with van der Waals surface area (Å²) < 4.78 is 0. The normalized spacial score (nSPS) is 19.9. The Labute approximate surface area is 238 Å². The molecule has 0 saturated carbocycles. The maximum Gasteiger partial charge on any atom is 0.315 e. The van der Waals surface area contributed by atoms with Crippen molar-refractivity contribution in [2.24, 2.45) is 0 Å². The number of benzene rings is 2. The number of aryl methyl sites for hydroxylation is 1. The predicted octanol–water partition coefficient (Wildman–Crippen LogP) is 3.70. The number of hydrogen-bond donors (Lipinski definition) is 2. The minimum Gasteiger partial charge on any atom is -0.341 e. The Hall–Kier alpha value is -3.39. The van der Waals surface area contributed by atoms with E-state index in [-0.39, 0.29) is 23.9 Å². The zero-order valence-corrected chi connectivity index (χ0v) is 23.9.